The molecule has 140 valence electrons. The molecule has 1 fully saturated rings. The van der Waals surface area contributed by atoms with Crippen LogP contribution in [0.15, 0.2) is 36.8 Å². The van der Waals surface area contributed by atoms with Gasteiger partial charge < -0.3 is 10.3 Å². The van der Waals surface area contributed by atoms with Crippen molar-refractivity contribution in [3.8, 4) is 6.07 Å². The van der Waals surface area contributed by atoms with E-state index in [1.54, 1.807) is 18.5 Å². The van der Waals surface area contributed by atoms with E-state index < -0.39 is 0 Å². The molecular weight excluding hydrogens is 352 g/mol. The van der Waals surface area contributed by atoms with Gasteiger partial charge in [-0.3, -0.25) is 4.40 Å². The van der Waals surface area contributed by atoms with Crippen molar-refractivity contribution in [1.29, 1.82) is 5.26 Å². The number of anilines is 1. The Bertz CT molecular complexity index is 1170. The van der Waals surface area contributed by atoms with Crippen LogP contribution in [0.2, 0.25) is 0 Å². The highest BCUT2D eigenvalue weighted by Crippen LogP contribution is 2.42. The van der Waals surface area contributed by atoms with Crippen molar-refractivity contribution in [2.45, 2.75) is 38.1 Å². The lowest BCUT2D eigenvalue weighted by Gasteiger charge is -2.15. The second-order valence-electron chi connectivity index (χ2n) is 7.35. The molecule has 0 bridgehead atoms. The van der Waals surface area contributed by atoms with E-state index in [9.17, 15) is 0 Å². The Morgan fingerprint density at radius 2 is 2.14 bits per heavy atom. The molecule has 1 unspecified atom stereocenters. The molecule has 0 amide bonds. The van der Waals surface area contributed by atoms with Crippen LogP contribution in [0.25, 0.3) is 16.8 Å². The third-order valence-electron chi connectivity index (χ3n) is 5.76. The number of pyridine rings is 1. The molecule has 1 aliphatic carbocycles. The number of aromatic amines is 1. The lowest BCUT2D eigenvalue weighted by atomic mass is 9.93. The van der Waals surface area contributed by atoms with Gasteiger partial charge in [-0.25, -0.2) is 9.97 Å². The van der Waals surface area contributed by atoms with Crippen LogP contribution in [0.3, 0.4) is 0 Å². The molecule has 0 aliphatic heterocycles. The fraction of sp³-hybridized carbons (Fsp3) is 0.350. The van der Waals surface area contributed by atoms with E-state index in [0.29, 0.717) is 23.4 Å². The lowest BCUT2D eigenvalue weighted by Crippen LogP contribution is -2.16. The molecule has 4 heterocycles. The van der Waals surface area contributed by atoms with Crippen LogP contribution in [0, 0.1) is 17.2 Å². The first-order chi connectivity index (χ1) is 13.8. The average Bonchev–Trinajstić information content (AvgIpc) is 3.45. The maximum Gasteiger partial charge on any atom is 0.179 e. The zero-order valence-corrected chi connectivity index (χ0v) is 15.5. The summed E-state index contributed by atoms with van der Waals surface area (Å²) in [5, 5.41) is 21.4. The van der Waals surface area contributed by atoms with Crippen molar-refractivity contribution >= 4 is 22.6 Å². The van der Waals surface area contributed by atoms with E-state index in [1.807, 2.05) is 18.3 Å². The first-order valence-electron chi connectivity index (χ1n) is 9.56. The number of nitrogens with zero attached hydrogens (tertiary/aromatic N) is 6. The Morgan fingerprint density at radius 3 is 2.93 bits per heavy atom. The minimum Gasteiger partial charge on any atom is -0.367 e. The van der Waals surface area contributed by atoms with Gasteiger partial charge in [-0.2, -0.15) is 5.26 Å². The van der Waals surface area contributed by atoms with Gasteiger partial charge in [0.1, 0.15) is 17.7 Å². The molecule has 2 N–H and O–H groups in total. The maximum atomic E-state index is 8.93. The van der Waals surface area contributed by atoms with Gasteiger partial charge in [-0.1, -0.05) is 13.3 Å². The first kappa shape index (κ1) is 16.7. The maximum absolute atomic E-state index is 8.93. The van der Waals surface area contributed by atoms with Gasteiger partial charge in [0.2, 0.25) is 0 Å². The fourth-order valence-corrected chi connectivity index (χ4v) is 4.40. The van der Waals surface area contributed by atoms with Gasteiger partial charge in [-0.05, 0) is 37.0 Å². The summed E-state index contributed by atoms with van der Waals surface area (Å²) in [6.07, 6.45) is 8.37. The summed E-state index contributed by atoms with van der Waals surface area (Å²) in [7, 11) is 0. The number of fused-ring (bicyclic) bond motifs is 3. The molecule has 8 nitrogen and oxygen atoms in total. The van der Waals surface area contributed by atoms with Crippen LogP contribution in [-0.2, 0) is 0 Å². The van der Waals surface area contributed by atoms with E-state index >= 15 is 0 Å². The smallest absolute Gasteiger partial charge is 0.179 e. The van der Waals surface area contributed by atoms with Crippen molar-refractivity contribution < 1.29 is 0 Å². The Balaban J connectivity index is 1.46. The number of nitriles is 1. The minimum absolute atomic E-state index is 0.311. The molecule has 1 saturated carbocycles. The number of hydrogen-bond donors (Lipinski definition) is 2. The van der Waals surface area contributed by atoms with Crippen molar-refractivity contribution in [2.75, 3.05) is 5.32 Å². The highest BCUT2D eigenvalue weighted by atomic mass is 15.3. The molecule has 0 radical (unpaired) electrons. The molecule has 0 saturated heterocycles. The normalized spacial score (nSPS) is 21.9. The van der Waals surface area contributed by atoms with Crippen LogP contribution in [-0.4, -0.2) is 35.6 Å². The van der Waals surface area contributed by atoms with E-state index in [-0.39, 0.29) is 0 Å². The van der Waals surface area contributed by atoms with E-state index in [0.717, 1.165) is 47.7 Å². The molecule has 8 heteroatoms. The SMILES string of the molecule is CCC1C[C@H](Nc2ccc(C#N)cn2)C[C@@H]1c1nnc2cnc3[nH]ccc3n12. The first-order valence-corrected chi connectivity index (χ1v) is 9.56. The minimum atomic E-state index is 0.311. The van der Waals surface area contributed by atoms with E-state index in [4.69, 9.17) is 5.26 Å². The Morgan fingerprint density at radius 1 is 1.21 bits per heavy atom. The van der Waals surface area contributed by atoms with E-state index in [1.165, 1.54) is 0 Å². The third kappa shape index (κ3) is 2.67. The molecule has 4 aromatic heterocycles. The molecule has 0 aromatic carbocycles. The van der Waals surface area contributed by atoms with Crippen molar-refractivity contribution in [3.63, 3.8) is 0 Å². The van der Waals surface area contributed by atoms with Gasteiger partial charge in [0, 0.05) is 24.4 Å². The third-order valence-corrected chi connectivity index (χ3v) is 5.76. The highest BCUT2D eigenvalue weighted by Gasteiger charge is 2.37. The summed E-state index contributed by atoms with van der Waals surface area (Å²) in [5.41, 5.74) is 3.20. The second-order valence-corrected chi connectivity index (χ2v) is 7.35. The molecule has 5 rings (SSSR count). The van der Waals surface area contributed by atoms with Crippen molar-refractivity contribution in [1.82, 2.24) is 29.5 Å². The van der Waals surface area contributed by atoms with Gasteiger partial charge >= 0.3 is 0 Å². The van der Waals surface area contributed by atoms with Crippen LogP contribution in [0.5, 0.6) is 0 Å². The summed E-state index contributed by atoms with van der Waals surface area (Å²) < 4.78 is 2.13. The second kappa shape index (κ2) is 6.60. The Hall–Kier alpha value is -3.47. The van der Waals surface area contributed by atoms with Gasteiger partial charge in [0.05, 0.1) is 17.3 Å². The summed E-state index contributed by atoms with van der Waals surface area (Å²) in [6, 6.07) is 8.10. The Kier molecular flexibility index (Phi) is 3.93. The Labute approximate surface area is 161 Å². The van der Waals surface area contributed by atoms with Gasteiger partial charge in [0.15, 0.2) is 11.3 Å². The summed E-state index contributed by atoms with van der Waals surface area (Å²) in [6.45, 7) is 2.23. The molecule has 28 heavy (non-hydrogen) atoms. The average molecular weight is 372 g/mol. The summed E-state index contributed by atoms with van der Waals surface area (Å²) >= 11 is 0. The molecule has 0 spiro atoms. The predicted molar refractivity (Wildman–Crippen MR) is 105 cm³/mol. The van der Waals surface area contributed by atoms with E-state index in [2.05, 4.69) is 47.9 Å². The van der Waals surface area contributed by atoms with Crippen LogP contribution >= 0.6 is 0 Å². The number of rotatable bonds is 4. The van der Waals surface area contributed by atoms with Gasteiger partial charge in [-0.15, -0.1) is 10.2 Å². The molecule has 3 atom stereocenters. The number of nitrogens with one attached hydrogen (secondary N) is 2. The topological polar surface area (TPSA) is 108 Å². The number of aromatic nitrogens is 6. The van der Waals surface area contributed by atoms with Crippen LogP contribution in [0.4, 0.5) is 5.82 Å². The van der Waals surface area contributed by atoms with Crippen LogP contribution < -0.4 is 5.32 Å². The van der Waals surface area contributed by atoms with Crippen LogP contribution in [0.1, 0.15) is 43.5 Å². The summed E-state index contributed by atoms with van der Waals surface area (Å²) in [5.74, 6) is 2.65. The zero-order chi connectivity index (χ0) is 19.1. The quantitative estimate of drug-likeness (QED) is 0.569. The lowest BCUT2D eigenvalue weighted by molar-refractivity contribution is 0.451. The molecule has 4 aromatic rings. The number of H-pyrrole nitrogens is 1. The summed E-state index contributed by atoms with van der Waals surface area (Å²) in [4.78, 5) is 11.9. The standard InChI is InChI=1S/C20H20N8/c1-2-13-7-14(25-17-4-3-12(9-21)10-23-17)8-15(13)20-27-26-18-11-24-19-16(28(18)20)5-6-22-19/h3-6,10-11,13-15,22H,2,7-8H2,1H3,(H,23,25)/t13?,14-,15-/m0/s1. The predicted octanol–water partition coefficient (Wildman–Crippen LogP) is 3.26. The number of hydrogen-bond acceptors (Lipinski definition) is 6. The van der Waals surface area contributed by atoms with Crippen molar-refractivity contribution in [3.05, 3.63) is 48.2 Å². The molecular formula is C20H20N8. The zero-order valence-electron chi connectivity index (χ0n) is 15.5. The van der Waals surface area contributed by atoms with Gasteiger partial charge in [0.25, 0.3) is 0 Å². The monoisotopic (exact) mass is 372 g/mol. The fourth-order valence-electron chi connectivity index (χ4n) is 4.40. The largest absolute Gasteiger partial charge is 0.367 e. The highest BCUT2D eigenvalue weighted by molar-refractivity contribution is 5.74. The van der Waals surface area contributed by atoms with Crippen molar-refractivity contribution in [2.24, 2.45) is 5.92 Å². The molecule has 1 aliphatic rings.